The molecule has 0 saturated carbocycles. The van der Waals surface area contributed by atoms with Crippen LogP contribution in [0.15, 0.2) is 78.2 Å². The molecule has 4 aromatic rings. The Morgan fingerprint density at radius 2 is 1.78 bits per heavy atom. The van der Waals surface area contributed by atoms with Crippen LogP contribution < -0.4 is 4.90 Å². The Hall–Kier alpha value is -3.52. The quantitative estimate of drug-likeness (QED) is 0.422. The van der Waals surface area contributed by atoms with Crippen LogP contribution in [0.4, 0.5) is 10.1 Å². The van der Waals surface area contributed by atoms with Gasteiger partial charge in [0.05, 0.1) is 5.75 Å². The summed E-state index contributed by atoms with van der Waals surface area (Å²) in [5.41, 5.74) is 3.75. The minimum atomic E-state index is -0.319. The van der Waals surface area contributed by atoms with Gasteiger partial charge in [-0.15, -0.1) is 10.2 Å². The Labute approximate surface area is 189 Å². The van der Waals surface area contributed by atoms with Crippen molar-refractivity contribution in [1.82, 2.24) is 19.7 Å². The Morgan fingerprint density at radius 1 is 1.00 bits per heavy atom. The summed E-state index contributed by atoms with van der Waals surface area (Å²) >= 11 is 1.33. The second-order valence-corrected chi connectivity index (χ2v) is 8.36. The highest BCUT2D eigenvalue weighted by Gasteiger charge is 2.24. The average molecular weight is 446 g/mol. The third-order valence-corrected chi connectivity index (χ3v) is 6.31. The van der Waals surface area contributed by atoms with Gasteiger partial charge in [0.25, 0.3) is 0 Å². The molecule has 0 bridgehead atoms. The fourth-order valence-corrected chi connectivity index (χ4v) is 4.70. The third kappa shape index (κ3) is 4.01. The van der Waals surface area contributed by atoms with E-state index in [-0.39, 0.29) is 17.5 Å². The third-order valence-electron chi connectivity index (χ3n) is 5.39. The monoisotopic (exact) mass is 445 g/mol. The molecule has 160 valence electrons. The molecule has 0 radical (unpaired) electrons. The lowest BCUT2D eigenvalue weighted by Crippen LogP contribution is -2.36. The van der Waals surface area contributed by atoms with Crippen molar-refractivity contribution in [1.29, 1.82) is 0 Å². The fraction of sp³-hybridized carbons (Fsp3) is 0.167. The molecular formula is C24H20FN5OS. The van der Waals surface area contributed by atoms with Crippen molar-refractivity contribution in [2.45, 2.75) is 18.0 Å². The van der Waals surface area contributed by atoms with Crippen LogP contribution in [-0.2, 0) is 11.2 Å². The predicted molar refractivity (Wildman–Crippen MR) is 122 cm³/mol. The second-order valence-electron chi connectivity index (χ2n) is 7.42. The van der Waals surface area contributed by atoms with Crippen molar-refractivity contribution in [2.75, 3.05) is 17.2 Å². The maximum atomic E-state index is 13.5. The number of para-hydroxylation sites is 1. The molecule has 32 heavy (non-hydrogen) atoms. The van der Waals surface area contributed by atoms with Gasteiger partial charge in [0, 0.05) is 35.9 Å². The number of rotatable bonds is 5. The minimum Gasteiger partial charge on any atom is -0.311 e. The normalized spacial score (nSPS) is 13.1. The van der Waals surface area contributed by atoms with Crippen molar-refractivity contribution in [2.24, 2.45) is 0 Å². The molecule has 0 unspecified atom stereocenters. The molecule has 1 aliphatic rings. The lowest BCUT2D eigenvalue weighted by molar-refractivity contribution is -0.116. The van der Waals surface area contributed by atoms with Gasteiger partial charge >= 0.3 is 0 Å². The fourth-order valence-electron chi connectivity index (χ4n) is 3.87. The number of amides is 1. The van der Waals surface area contributed by atoms with Crippen LogP contribution in [0.5, 0.6) is 0 Å². The minimum absolute atomic E-state index is 0.0290. The Kier molecular flexibility index (Phi) is 5.68. The van der Waals surface area contributed by atoms with Crippen molar-refractivity contribution in [3.8, 4) is 17.1 Å². The highest BCUT2D eigenvalue weighted by molar-refractivity contribution is 7.99. The van der Waals surface area contributed by atoms with Gasteiger partial charge in [-0.3, -0.25) is 14.3 Å². The molecule has 0 N–H and O–H groups in total. The van der Waals surface area contributed by atoms with Gasteiger partial charge in [-0.2, -0.15) is 0 Å². The maximum absolute atomic E-state index is 13.5. The molecule has 0 saturated heterocycles. The van der Waals surface area contributed by atoms with Crippen LogP contribution in [0.2, 0.25) is 0 Å². The maximum Gasteiger partial charge on any atom is 0.237 e. The van der Waals surface area contributed by atoms with Crippen molar-refractivity contribution in [3.63, 3.8) is 0 Å². The van der Waals surface area contributed by atoms with E-state index in [4.69, 9.17) is 0 Å². The van der Waals surface area contributed by atoms with E-state index in [0.29, 0.717) is 17.5 Å². The summed E-state index contributed by atoms with van der Waals surface area (Å²) < 4.78 is 15.4. The van der Waals surface area contributed by atoms with E-state index in [2.05, 4.69) is 21.2 Å². The van der Waals surface area contributed by atoms with E-state index in [1.54, 1.807) is 24.5 Å². The van der Waals surface area contributed by atoms with Gasteiger partial charge in [-0.05, 0) is 60.9 Å². The van der Waals surface area contributed by atoms with E-state index < -0.39 is 0 Å². The standard InChI is InChI=1S/C24H20FN5OS/c25-19-7-9-20(10-8-19)30-23(18-11-13-26-14-12-18)27-28-24(30)32-16-22(31)29-15-3-5-17-4-1-2-6-21(17)29/h1-2,4,6-14H,3,5,15-16H2. The number of hydrogen-bond acceptors (Lipinski definition) is 5. The van der Waals surface area contributed by atoms with Crippen LogP contribution in [0.3, 0.4) is 0 Å². The van der Waals surface area contributed by atoms with E-state index >= 15 is 0 Å². The lowest BCUT2D eigenvalue weighted by Gasteiger charge is -2.29. The summed E-state index contributed by atoms with van der Waals surface area (Å²) in [6.07, 6.45) is 5.30. The number of aromatic nitrogens is 4. The first-order valence-electron chi connectivity index (χ1n) is 10.3. The SMILES string of the molecule is O=C(CSc1nnc(-c2ccncc2)n1-c1ccc(F)cc1)N1CCCc2ccccc21. The van der Waals surface area contributed by atoms with Gasteiger partial charge in [0.1, 0.15) is 5.82 Å². The summed E-state index contributed by atoms with van der Waals surface area (Å²) in [5, 5.41) is 9.27. The molecule has 1 amide bonds. The number of pyridine rings is 1. The Bertz CT molecular complexity index is 1240. The highest BCUT2D eigenvalue weighted by atomic mass is 32.2. The predicted octanol–water partition coefficient (Wildman–Crippen LogP) is 4.54. The number of anilines is 1. The second kappa shape index (κ2) is 8.92. The first kappa shape index (κ1) is 20.4. The number of halogens is 1. The number of nitrogens with zero attached hydrogens (tertiary/aromatic N) is 5. The van der Waals surface area contributed by atoms with Gasteiger partial charge in [0.15, 0.2) is 11.0 Å². The summed E-state index contributed by atoms with van der Waals surface area (Å²) in [5.74, 6) is 0.545. The van der Waals surface area contributed by atoms with Gasteiger partial charge in [0.2, 0.25) is 5.91 Å². The summed E-state index contributed by atoms with van der Waals surface area (Å²) in [7, 11) is 0. The summed E-state index contributed by atoms with van der Waals surface area (Å²) in [6.45, 7) is 0.712. The number of thioether (sulfide) groups is 1. The zero-order valence-electron chi connectivity index (χ0n) is 17.2. The average Bonchev–Trinajstić information content (AvgIpc) is 3.27. The topological polar surface area (TPSA) is 63.9 Å². The summed E-state index contributed by atoms with van der Waals surface area (Å²) in [6, 6.07) is 17.9. The number of benzene rings is 2. The van der Waals surface area contributed by atoms with Crippen LogP contribution in [0.25, 0.3) is 17.1 Å². The van der Waals surface area contributed by atoms with Crippen LogP contribution in [-0.4, -0.2) is 38.0 Å². The van der Waals surface area contributed by atoms with Crippen LogP contribution in [0, 0.1) is 5.82 Å². The van der Waals surface area contributed by atoms with Crippen LogP contribution in [0.1, 0.15) is 12.0 Å². The number of hydrogen-bond donors (Lipinski definition) is 0. The summed E-state index contributed by atoms with van der Waals surface area (Å²) in [4.78, 5) is 19.0. The lowest BCUT2D eigenvalue weighted by atomic mass is 10.0. The highest BCUT2D eigenvalue weighted by Crippen LogP contribution is 2.30. The molecule has 5 rings (SSSR count). The first-order valence-corrected chi connectivity index (χ1v) is 11.3. The van der Waals surface area contributed by atoms with E-state index in [1.807, 2.05) is 39.8 Å². The van der Waals surface area contributed by atoms with Crippen molar-refractivity contribution < 1.29 is 9.18 Å². The molecular weight excluding hydrogens is 425 g/mol. The Morgan fingerprint density at radius 3 is 2.59 bits per heavy atom. The molecule has 0 spiro atoms. The largest absolute Gasteiger partial charge is 0.311 e. The number of carbonyl (C=O) groups is 1. The molecule has 3 heterocycles. The molecule has 0 aliphatic carbocycles. The van der Waals surface area contributed by atoms with Gasteiger partial charge in [-0.25, -0.2) is 4.39 Å². The van der Waals surface area contributed by atoms with Crippen molar-refractivity contribution >= 4 is 23.4 Å². The van der Waals surface area contributed by atoms with Crippen LogP contribution >= 0.6 is 11.8 Å². The number of fused-ring (bicyclic) bond motifs is 1. The molecule has 2 aromatic carbocycles. The first-order chi connectivity index (χ1) is 15.7. The molecule has 0 fully saturated rings. The molecule has 6 nitrogen and oxygen atoms in total. The van der Waals surface area contributed by atoms with E-state index in [0.717, 1.165) is 29.8 Å². The van der Waals surface area contributed by atoms with E-state index in [9.17, 15) is 9.18 Å². The molecule has 8 heteroatoms. The molecule has 2 aromatic heterocycles. The number of carbonyl (C=O) groups excluding carboxylic acids is 1. The smallest absolute Gasteiger partial charge is 0.237 e. The zero-order valence-corrected chi connectivity index (χ0v) is 18.0. The Balaban J connectivity index is 1.44. The number of aryl methyl sites for hydroxylation is 1. The van der Waals surface area contributed by atoms with Crippen molar-refractivity contribution in [3.05, 3.63) is 84.4 Å². The zero-order chi connectivity index (χ0) is 21.9. The molecule has 1 aliphatic heterocycles. The van der Waals surface area contributed by atoms with Gasteiger partial charge < -0.3 is 4.90 Å². The molecule has 0 atom stereocenters. The van der Waals surface area contributed by atoms with Gasteiger partial charge in [-0.1, -0.05) is 30.0 Å². The van der Waals surface area contributed by atoms with E-state index in [1.165, 1.54) is 29.5 Å².